The van der Waals surface area contributed by atoms with E-state index in [1.807, 2.05) is 24.3 Å². The molecule has 2 heterocycles. The number of tetrazole rings is 1. The van der Waals surface area contributed by atoms with Crippen LogP contribution in [0.1, 0.15) is 0 Å². The standard InChI is InChI=1S/C19H19ClN4O6/c20-12-7-11(9-1-3-10(4-2-9)18-21-23-24-22-18)5-6-13(12)29-19-17(28)16(27)15(26)14(8-25)30-19/h1-7,14-17,19,25-28H,8H2,(H,21,22,23,24)/t14-,15-,16+,17+,19-/m1/s1. The van der Waals surface area contributed by atoms with Gasteiger partial charge in [-0.3, -0.25) is 0 Å². The molecular formula is C19H19ClN4O6. The molecule has 1 aromatic heterocycles. The molecule has 11 heteroatoms. The molecule has 1 aliphatic heterocycles. The van der Waals surface area contributed by atoms with E-state index in [2.05, 4.69) is 20.6 Å². The van der Waals surface area contributed by atoms with E-state index in [9.17, 15) is 20.4 Å². The van der Waals surface area contributed by atoms with Gasteiger partial charge in [0.05, 0.1) is 11.6 Å². The average molecular weight is 435 g/mol. The van der Waals surface area contributed by atoms with Crippen molar-refractivity contribution in [3.8, 4) is 28.3 Å². The van der Waals surface area contributed by atoms with Crippen LogP contribution in [0, 0.1) is 0 Å². The predicted molar refractivity (Wildman–Crippen MR) is 104 cm³/mol. The third kappa shape index (κ3) is 4.01. The van der Waals surface area contributed by atoms with Crippen LogP contribution in [0.4, 0.5) is 0 Å². The lowest BCUT2D eigenvalue weighted by atomic mass is 9.99. The molecule has 10 nitrogen and oxygen atoms in total. The lowest BCUT2D eigenvalue weighted by molar-refractivity contribution is -0.277. The smallest absolute Gasteiger partial charge is 0.229 e. The van der Waals surface area contributed by atoms with Crippen molar-refractivity contribution in [2.24, 2.45) is 0 Å². The normalized spacial score (nSPS) is 26.5. The number of hydrogen-bond donors (Lipinski definition) is 5. The van der Waals surface area contributed by atoms with Crippen molar-refractivity contribution >= 4 is 11.6 Å². The van der Waals surface area contributed by atoms with Crippen molar-refractivity contribution < 1.29 is 29.9 Å². The molecular weight excluding hydrogens is 416 g/mol. The summed E-state index contributed by atoms with van der Waals surface area (Å²) >= 11 is 6.34. The third-order valence-corrected chi connectivity index (χ3v) is 5.16. The molecule has 1 fully saturated rings. The van der Waals surface area contributed by atoms with Gasteiger partial charge < -0.3 is 29.9 Å². The SMILES string of the molecule is OC[C@H]1O[C@@H](Oc2ccc(-c3ccc(-c4nnn[nH]4)cc3)cc2Cl)[C@@H](O)[C@@H](O)[C@@H]1O. The molecule has 0 unspecified atom stereocenters. The van der Waals surface area contributed by atoms with Crippen LogP contribution in [0.25, 0.3) is 22.5 Å². The molecule has 0 spiro atoms. The summed E-state index contributed by atoms with van der Waals surface area (Å²) in [6.45, 7) is -0.544. The molecule has 1 saturated heterocycles. The molecule has 5 N–H and O–H groups in total. The Labute approximate surface area is 175 Å². The van der Waals surface area contributed by atoms with Gasteiger partial charge in [-0.2, -0.15) is 0 Å². The first-order valence-corrected chi connectivity index (χ1v) is 9.47. The van der Waals surface area contributed by atoms with Crippen LogP contribution in [0.15, 0.2) is 42.5 Å². The number of halogens is 1. The molecule has 5 atom stereocenters. The first-order chi connectivity index (χ1) is 14.5. The third-order valence-electron chi connectivity index (χ3n) is 4.86. The molecule has 0 amide bonds. The number of aliphatic hydroxyl groups is 4. The van der Waals surface area contributed by atoms with Crippen LogP contribution in [-0.4, -0.2) is 78.4 Å². The largest absolute Gasteiger partial charge is 0.460 e. The maximum absolute atomic E-state index is 10.1. The summed E-state index contributed by atoms with van der Waals surface area (Å²) in [7, 11) is 0. The van der Waals surface area contributed by atoms with Crippen molar-refractivity contribution in [2.45, 2.75) is 30.7 Å². The van der Waals surface area contributed by atoms with Crippen molar-refractivity contribution in [3.63, 3.8) is 0 Å². The number of aliphatic hydroxyl groups excluding tert-OH is 4. The highest BCUT2D eigenvalue weighted by Crippen LogP contribution is 2.33. The van der Waals surface area contributed by atoms with Gasteiger partial charge in [0, 0.05) is 5.56 Å². The number of ether oxygens (including phenoxy) is 2. The van der Waals surface area contributed by atoms with Gasteiger partial charge in [-0.1, -0.05) is 41.9 Å². The van der Waals surface area contributed by atoms with Crippen LogP contribution >= 0.6 is 11.6 Å². The molecule has 0 radical (unpaired) electrons. The van der Waals surface area contributed by atoms with Crippen LogP contribution in [0.5, 0.6) is 5.75 Å². The fourth-order valence-electron chi connectivity index (χ4n) is 3.17. The molecule has 2 aromatic carbocycles. The molecule has 0 bridgehead atoms. The van der Waals surface area contributed by atoms with Crippen LogP contribution in [0.2, 0.25) is 5.02 Å². The second-order valence-electron chi connectivity index (χ2n) is 6.79. The number of H-pyrrole nitrogens is 1. The number of hydrogen-bond acceptors (Lipinski definition) is 9. The Hall–Kier alpha value is -2.60. The summed E-state index contributed by atoms with van der Waals surface area (Å²) in [6.07, 6.45) is -6.88. The predicted octanol–water partition coefficient (Wildman–Crippen LogP) is 0.366. The van der Waals surface area contributed by atoms with Gasteiger partial charge in [-0.15, -0.1) is 5.10 Å². The maximum Gasteiger partial charge on any atom is 0.229 e. The van der Waals surface area contributed by atoms with Gasteiger partial charge in [-0.05, 0) is 33.7 Å². The highest BCUT2D eigenvalue weighted by atomic mass is 35.5. The van der Waals surface area contributed by atoms with E-state index >= 15 is 0 Å². The van der Waals surface area contributed by atoms with Gasteiger partial charge in [0.1, 0.15) is 30.2 Å². The fraction of sp³-hybridized carbons (Fsp3) is 0.316. The Kier molecular flexibility index (Phi) is 5.95. The van der Waals surface area contributed by atoms with Crippen molar-refractivity contribution in [2.75, 3.05) is 6.61 Å². The topological polar surface area (TPSA) is 154 Å². The summed E-state index contributed by atoms with van der Waals surface area (Å²) in [6, 6.07) is 12.6. The zero-order valence-corrected chi connectivity index (χ0v) is 16.2. The molecule has 0 aliphatic carbocycles. The lowest BCUT2D eigenvalue weighted by Gasteiger charge is -2.39. The van der Waals surface area contributed by atoms with E-state index in [1.165, 1.54) is 0 Å². The van der Waals surface area contributed by atoms with E-state index in [1.54, 1.807) is 18.2 Å². The number of aromatic amines is 1. The minimum absolute atomic E-state index is 0.217. The number of nitrogens with zero attached hydrogens (tertiary/aromatic N) is 3. The lowest BCUT2D eigenvalue weighted by Crippen LogP contribution is -2.60. The van der Waals surface area contributed by atoms with Crippen molar-refractivity contribution in [3.05, 3.63) is 47.5 Å². The Morgan fingerprint density at radius 2 is 1.67 bits per heavy atom. The first kappa shape index (κ1) is 20.7. The van der Waals surface area contributed by atoms with E-state index in [0.717, 1.165) is 16.7 Å². The maximum atomic E-state index is 10.1. The van der Waals surface area contributed by atoms with E-state index in [0.29, 0.717) is 5.82 Å². The van der Waals surface area contributed by atoms with Crippen molar-refractivity contribution in [1.29, 1.82) is 0 Å². The van der Waals surface area contributed by atoms with Crippen LogP contribution < -0.4 is 4.74 Å². The second kappa shape index (κ2) is 8.64. The molecule has 1 aliphatic rings. The van der Waals surface area contributed by atoms with E-state index < -0.39 is 37.3 Å². The number of nitrogens with one attached hydrogen (secondary N) is 1. The Morgan fingerprint density at radius 3 is 2.30 bits per heavy atom. The summed E-state index contributed by atoms with van der Waals surface area (Å²) in [5.41, 5.74) is 2.55. The minimum Gasteiger partial charge on any atom is -0.460 e. The zero-order chi connectivity index (χ0) is 21.3. The number of rotatable bonds is 5. The van der Waals surface area contributed by atoms with Crippen molar-refractivity contribution in [1.82, 2.24) is 20.6 Å². The highest BCUT2D eigenvalue weighted by molar-refractivity contribution is 6.32. The first-order valence-electron chi connectivity index (χ1n) is 9.09. The van der Waals surface area contributed by atoms with E-state index in [4.69, 9.17) is 21.1 Å². The van der Waals surface area contributed by atoms with Crippen LogP contribution in [-0.2, 0) is 4.74 Å². The quantitative estimate of drug-likeness (QED) is 0.383. The minimum atomic E-state index is -1.53. The monoisotopic (exact) mass is 434 g/mol. The summed E-state index contributed by atoms with van der Waals surface area (Å²) in [5.74, 6) is 0.775. The molecule has 0 saturated carbocycles. The zero-order valence-electron chi connectivity index (χ0n) is 15.5. The molecule has 3 aromatic rings. The highest BCUT2D eigenvalue weighted by Gasteiger charge is 2.44. The van der Waals surface area contributed by atoms with Gasteiger partial charge in [0.2, 0.25) is 6.29 Å². The molecule has 158 valence electrons. The fourth-order valence-corrected chi connectivity index (χ4v) is 3.39. The summed E-state index contributed by atoms with van der Waals surface area (Å²) in [5, 5.41) is 53.0. The second-order valence-corrected chi connectivity index (χ2v) is 7.19. The van der Waals surface area contributed by atoms with Gasteiger partial charge in [0.25, 0.3) is 0 Å². The summed E-state index contributed by atoms with van der Waals surface area (Å²) < 4.78 is 10.9. The molecule has 4 rings (SSSR count). The summed E-state index contributed by atoms with van der Waals surface area (Å²) in [4.78, 5) is 0. The number of benzene rings is 2. The number of aromatic nitrogens is 4. The van der Waals surface area contributed by atoms with Gasteiger partial charge in [-0.25, -0.2) is 5.10 Å². The Balaban J connectivity index is 1.51. The Bertz CT molecular complexity index is 985. The molecule has 30 heavy (non-hydrogen) atoms. The van der Waals surface area contributed by atoms with Gasteiger partial charge in [0.15, 0.2) is 5.82 Å². The average Bonchev–Trinajstić information content (AvgIpc) is 3.30. The van der Waals surface area contributed by atoms with Crippen LogP contribution in [0.3, 0.4) is 0 Å². The Morgan fingerprint density at radius 1 is 0.967 bits per heavy atom. The van der Waals surface area contributed by atoms with Gasteiger partial charge >= 0.3 is 0 Å². The van der Waals surface area contributed by atoms with E-state index in [-0.39, 0.29) is 10.8 Å².